The van der Waals surface area contributed by atoms with Gasteiger partial charge in [0.05, 0.1) is 15.3 Å². The minimum Gasteiger partial charge on any atom is -0.342 e. The Hall–Kier alpha value is -0.980. The van der Waals surface area contributed by atoms with E-state index in [-0.39, 0.29) is 11.2 Å². The number of fused-ring (bicyclic) bond motifs is 1. The van der Waals surface area contributed by atoms with E-state index in [0.29, 0.717) is 26.9 Å². The van der Waals surface area contributed by atoms with E-state index < -0.39 is 0 Å². The summed E-state index contributed by atoms with van der Waals surface area (Å²) in [6, 6.07) is 1.99. The number of pyridine rings is 1. The van der Waals surface area contributed by atoms with Crippen LogP contribution < -0.4 is 0 Å². The number of nitrogens with zero attached hydrogens (tertiary/aromatic N) is 4. The fourth-order valence-corrected chi connectivity index (χ4v) is 4.56. The highest BCUT2D eigenvalue weighted by Gasteiger charge is 2.27. The van der Waals surface area contributed by atoms with Gasteiger partial charge in [0.2, 0.25) is 5.91 Å². The number of carbonyl (C=O) groups excluding carboxylic acids is 1. The third-order valence-corrected chi connectivity index (χ3v) is 6.02. The summed E-state index contributed by atoms with van der Waals surface area (Å²) < 4.78 is 1.74. The number of hydrogen-bond donors (Lipinski definition) is 0. The van der Waals surface area contributed by atoms with Crippen molar-refractivity contribution in [3.05, 3.63) is 22.3 Å². The molecular weight excluding hydrogens is 367 g/mol. The van der Waals surface area contributed by atoms with E-state index in [0.717, 1.165) is 12.8 Å². The molecular formula is C16H20Cl2N4OS. The maximum Gasteiger partial charge on any atom is 0.235 e. The Morgan fingerprint density at radius 2 is 2.04 bits per heavy atom. The molecule has 0 aliphatic heterocycles. The smallest absolute Gasteiger partial charge is 0.235 e. The van der Waals surface area contributed by atoms with Gasteiger partial charge in [0.15, 0.2) is 10.8 Å². The molecule has 2 heterocycles. The highest BCUT2D eigenvalue weighted by Crippen LogP contribution is 2.29. The van der Waals surface area contributed by atoms with Crippen molar-refractivity contribution in [1.29, 1.82) is 0 Å². The molecule has 0 aromatic carbocycles. The summed E-state index contributed by atoms with van der Waals surface area (Å²) in [5.41, 5.74) is 0.545. The monoisotopic (exact) mass is 386 g/mol. The van der Waals surface area contributed by atoms with Crippen LogP contribution in [0.4, 0.5) is 0 Å². The first-order chi connectivity index (χ1) is 11.5. The lowest BCUT2D eigenvalue weighted by Crippen LogP contribution is -2.42. The van der Waals surface area contributed by atoms with Crippen LogP contribution >= 0.6 is 35.0 Å². The Kier molecular flexibility index (Phi) is 5.57. The third-order valence-electron chi connectivity index (χ3n) is 4.50. The summed E-state index contributed by atoms with van der Waals surface area (Å²) in [5, 5.41) is 9.56. The summed E-state index contributed by atoms with van der Waals surface area (Å²) in [6.45, 7) is 1.90. The Morgan fingerprint density at radius 1 is 1.33 bits per heavy atom. The molecule has 0 radical (unpaired) electrons. The van der Waals surface area contributed by atoms with Crippen molar-refractivity contribution in [2.24, 2.45) is 0 Å². The van der Waals surface area contributed by atoms with Crippen LogP contribution in [0.3, 0.4) is 0 Å². The highest BCUT2D eigenvalue weighted by atomic mass is 35.5. The number of amides is 1. The van der Waals surface area contributed by atoms with Crippen molar-refractivity contribution in [3.8, 4) is 0 Å². The van der Waals surface area contributed by atoms with Gasteiger partial charge in [0, 0.05) is 19.3 Å². The molecule has 8 heteroatoms. The van der Waals surface area contributed by atoms with Crippen LogP contribution in [0.1, 0.15) is 39.0 Å². The molecule has 24 heavy (non-hydrogen) atoms. The summed E-state index contributed by atoms with van der Waals surface area (Å²) in [5.74, 6) is 0.122. The SMILES string of the molecule is CC(Sc1nnc2c(Cl)cc(Cl)cn12)C(=O)N(C)C1CCCCC1. The second-order valence-corrected chi connectivity index (χ2v) is 8.34. The van der Waals surface area contributed by atoms with Crippen LogP contribution in [0, 0.1) is 0 Å². The molecule has 1 amide bonds. The quantitative estimate of drug-likeness (QED) is 0.734. The van der Waals surface area contributed by atoms with E-state index in [9.17, 15) is 4.79 Å². The minimum absolute atomic E-state index is 0.122. The average Bonchev–Trinajstić information content (AvgIpc) is 2.97. The Balaban J connectivity index is 1.74. The van der Waals surface area contributed by atoms with Crippen LogP contribution in [0.5, 0.6) is 0 Å². The molecule has 1 fully saturated rings. The maximum absolute atomic E-state index is 12.7. The predicted molar refractivity (Wildman–Crippen MR) is 98.0 cm³/mol. The molecule has 130 valence electrons. The topological polar surface area (TPSA) is 50.5 Å². The molecule has 1 aliphatic carbocycles. The van der Waals surface area contributed by atoms with Crippen molar-refractivity contribution in [3.63, 3.8) is 0 Å². The Labute approximate surface area is 155 Å². The maximum atomic E-state index is 12.7. The van der Waals surface area contributed by atoms with Gasteiger partial charge in [-0.15, -0.1) is 10.2 Å². The van der Waals surface area contributed by atoms with Gasteiger partial charge >= 0.3 is 0 Å². The summed E-state index contributed by atoms with van der Waals surface area (Å²) >= 11 is 13.6. The van der Waals surface area contributed by atoms with E-state index in [1.807, 2.05) is 18.9 Å². The van der Waals surface area contributed by atoms with Crippen LogP contribution in [-0.2, 0) is 4.79 Å². The molecule has 2 aromatic rings. The number of carbonyl (C=O) groups is 1. The van der Waals surface area contributed by atoms with Crippen molar-refractivity contribution >= 4 is 46.5 Å². The molecule has 1 unspecified atom stereocenters. The second-order valence-electron chi connectivity index (χ2n) is 6.18. The zero-order valence-corrected chi connectivity index (χ0v) is 16.0. The number of rotatable bonds is 4. The van der Waals surface area contributed by atoms with Gasteiger partial charge < -0.3 is 4.90 Å². The molecule has 1 aliphatic rings. The first kappa shape index (κ1) is 17.8. The van der Waals surface area contributed by atoms with Crippen molar-refractivity contribution in [2.75, 3.05) is 7.05 Å². The minimum atomic E-state index is -0.248. The lowest BCUT2D eigenvalue weighted by Gasteiger charge is -2.32. The van der Waals surface area contributed by atoms with Gasteiger partial charge in [-0.05, 0) is 25.8 Å². The lowest BCUT2D eigenvalue weighted by molar-refractivity contribution is -0.131. The van der Waals surface area contributed by atoms with Gasteiger partial charge in [0.1, 0.15) is 0 Å². The summed E-state index contributed by atoms with van der Waals surface area (Å²) in [7, 11) is 1.91. The van der Waals surface area contributed by atoms with E-state index in [1.54, 1.807) is 16.7 Å². The third kappa shape index (κ3) is 3.65. The van der Waals surface area contributed by atoms with E-state index >= 15 is 0 Å². The number of thioether (sulfide) groups is 1. The molecule has 0 N–H and O–H groups in total. The van der Waals surface area contributed by atoms with Gasteiger partial charge in [-0.2, -0.15) is 0 Å². The zero-order valence-electron chi connectivity index (χ0n) is 13.7. The number of aromatic nitrogens is 3. The molecule has 2 aromatic heterocycles. The molecule has 1 atom stereocenters. The highest BCUT2D eigenvalue weighted by molar-refractivity contribution is 8.00. The van der Waals surface area contributed by atoms with Gasteiger partial charge in [-0.3, -0.25) is 9.20 Å². The van der Waals surface area contributed by atoms with E-state index in [4.69, 9.17) is 23.2 Å². The summed E-state index contributed by atoms with van der Waals surface area (Å²) in [6.07, 6.45) is 7.59. The van der Waals surface area contributed by atoms with Gasteiger partial charge in [0.25, 0.3) is 0 Å². The first-order valence-corrected chi connectivity index (χ1v) is 9.74. The zero-order chi connectivity index (χ0) is 17.3. The number of halogens is 2. The standard InChI is InChI=1S/C16H20Cl2N4OS/c1-10(15(23)21(2)12-6-4-3-5-7-12)24-16-20-19-14-13(18)8-11(17)9-22(14)16/h8-10,12H,3-7H2,1-2H3. The van der Waals surface area contributed by atoms with Crippen molar-refractivity contribution in [1.82, 2.24) is 19.5 Å². The predicted octanol–water partition coefficient (Wildman–Crippen LogP) is 4.31. The molecule has 5 nitrogen and oxygen atoms in total. The Morgan fingerprint density at radius 3 is 2.75 bits per heavy atom. The lowest BCUT2D eigenvalue weighted by atomic mass is 9.94. The van der Waals surface area contributed by atoms with Crippen molar-refractivity contribution < 1.29 is 4.79 Å². The largest absolute Gasteiger partial charge is 0.342 e. The Bertz CT molecular complexity index is 745. The van der Waals surface area contributed by atoms with E-state index in [1.165, 1.54) is 31.0 Å². The average molecular weight is 387 g/mol. The fourth-order valence-electron chi connectivity index (χ4n) is 3.13. The molecule has 0 saturated heterocycles. The van der Waals surface area contributed by atoms with E-state index in [2.05, 4.69) is 10.2 Å². The normalized spacial score (nSPS) is 17.2. The van der Waals surface area contributed by atoms with Crippen LogP contribution in [-0.4, -0.2) is 43.7 Å². The fraction of sp³-hybridized carbons (Fsp3) is 0.562. The van der Waals surface area contributed by atoms with Gasteiger partial charge in [-0.25, -0.2) is 0 Å². The van der Waals surface area contributed by atoms with Crippen molar-refractivity contribution in [2.45, 2.75) is 55.5 Å². The van der Waals surface area contributed by atoms with Crippen LogP contribution in [0.25, 0.3) is 5.65 Å². The molecule has 1 saturated carbocycles. The second kappa shape index (κ2) is 7.50. The molecule has 0 spiro atoms. The first-order valence-electron chi connectivity index (χ1n) is 8.10. The van der Waals surface area contributed by atoms with Gasteiger partial charge in [-0.1, -0.05) is 54.2 Å². The van der Waals surface area contributed by atoms with Crippen LogP contribution in [0.15, 0.2) is 17.4 Å². The molecule has 0 bridgehead atoms. The summed E-state index contributed by atoms with van der Waals surface area (Å²) in [4.78, 5) is 14.6. The molecule has 3 rings (SSSR count). The number of hydrogen-bond acceptors (Lipinski definition) is 4. The van der Waals surface area contributed by atoms with Crippen LogP contribution in [0.2, 0.25) is 10.0 Å².